The van der Waals surface area contributed by atoms with Crippen LogP contribution in [0.15, 0.2) is 23.0 Å². The summed E-state index contributed by atoms with van der Waals surface area (Å²) in [5, 5.41) is 8.13. The maximum Gasteiger partial charge on any atom is 0.293 e. The summed E-state index contributed by atoms with van der Waals surface area (Å²) in [6.45, 7) is 0. The average Bonchev–Trinajstić information content (AvgIpc) is 2.62. The van der Waals surface area contributed by atoms with Crippen LogP contribution in [0.2, 0.25) is 0 Å². The Kier molecular flexibility index (Phi) is 1.62. The monoisotopic (exact) mass is 218 g/mol. The second kappa shape index (κ2) is 2.88. The fraction of sp³-hybridized carbons (Fsp3) is 0.100. The van der Waals surface area contributed by atoms with Crippen LogP contribution in [0.3, 0.4) is 0 Å². The first-order valence-corrected chi connectivity index (χ1v) is 4.68. The van der Waals surface area contributed by atoms with Crippen molar-refractivity contribution in [1.82, 2.24) is 20.0 Å². The van der Waals surface area contributed by atoms with Crippen LogP contribution in [-0.4, -0.2) is 20.0 Å². The fourth-order valence-electron chi connectivity index (χ4n) is 1.72. The van der Waals surface area contributed by atoms with Gasteiger partial charge in [0.15, 0.2) is 0 Å². The number of benzene rings is 1. The number of nitrogens with zero attached hydrogens (tertiary/aromatic N) is 3. The number of hydrogen-bond acceptors (Lipinski definition) is 3. The molecule has 80 valence electrons. The van der Waals surface area contributed by atoms with Crippen LogP contribution in [0.25, 0.3) is 21.9 Å². The Hall–Kier alpha value is -2.24. The number of nitrogens with one attached hydrogen (secondary N) is 1. The largest absolute Gasteiger partial charge is 0.349 e. The molecule has 0 radical (unpaired) electrons. The van der Waals surface area contributed by atoms with E-state index >= 15 is 0 Å². The van der Waals surface area contributed by atoms with E-state index in [1.807, 2.05) is 0 Å². The van der Waals surface area contributed by atoms with Gasteiger partial charge in [-0.2, -0.15) is 0 Å². The highest BCUT2D eigenvalue weighted by molar-refractivity contribution is 6.04. The summed E-state index contributed by atoms with van der Waals surface area (Å²) in [6, 6.07) is 4.24. The Morgan fingerprint density at radius 2 is 2.25 bits per heavy atom. The summed E-state index contributed by atoms with van der Waals surface area (Å²) < 4.78 is 14.2. The molecular formula is C10H7FN4O. The molecule has 0 spiro atoms. The number of aryl methyl sites for hydroxylation is 1. The van der Waals surface area contributed by atoms with Crippen molar-refractivity contribution in [2.75, 3.05) is 0 Å². The fourth-order valence-corrected chi connectivity index (χ4v) is 1.72. The lowest BCUT2D eigenvalue weighted by Crippen LogP contribution is -2.20. The Bertz CT molecular complexity index is 758. The summed E-state index contributed by atoms with van der Waals surface area (Å²) in [7, 11) is 1.51. The highest BCUT2D eigenvalue weighted by Gasteiger charge is 2.10. The maximum atomic E-state index is 13.1. The van der Waals surface area contributed by atoms with Crippen molar-refractivity contribution >= 4 is 21.9 Å². The van der Waals surface area contributed by atoms with E-state index in [1.165, 1.54) is 19.2 Å². The molecule has 0 atom stereocenters. The zero-order valence-corrected chi connectivity index (χ0v) is 8.36. The predicted molar refractivity (Wildman–Crippen MR) is 56.6 cm³/mol. The van der Waals surface area contributed by atoms with Crippen molar-refractivity contribution in [3.8, 4) is 0 Å². The lowest BCUT2D eigenvalue weighted by Gasteiger charge is -1.92. The Morgan fingerprint density at radius 3 is 3.06 bits per heavy atom. The maximum absolute atomic E-state index is 13.1. The molecule has 0 aliphatic rings. The molecule has 0 saturated carbocycles. The van der Waals surface area contributed by atoms with Crippen LogP contribution in [0, 0.1) is 5.82 Å². The number of aromatic nitrogens is 4. The third kappa shape index (κ3) is 1.06. The molecular weight excluding hydrogens is 211 g/mol. The SMILES string of the molecule is Cn1nnc2c([nH]c3ccc(F)cc32)c1=O. The van der Waals surface area contributed by atoms with E-state index < -0.39 is 0 Å². The molecule has 0 bridgehead atoms. The van der Waals surface area contributed by atoms with Crippen molar-refractivity contribution in [1.29, 1.82) is 0 Å². The standard InChI is InChI=1S/C10H7FN4O/c1-15-10(16)9-8(13-14-15)6-4-5(11)2-3-7(6)12-9/h2-4,12H,1H3. The quantitative estimate of drug-likeness (QED) is 0.611. The molecule has 16 heavy (non-hydrogen) atoms. The predicted octanol–water partition coefficient (Wildman–Crippen LogP) is 0.949. The first-order valence-electron chi connectivity index (χ1n) is 4.68. The zero-order valence-electron chi connectivity index (χ0n) is 8.36. The summed E-state index contributed by atoms with van der Waals surface area (Å²) in [4.78, 5) is 14.6. The van der Waals surface area contributed by atoms with Gasteiger partial charge in [0, 0.05) is 18.0 Å². The summed E-state index contributed by atoms with van der Waals surface area (Å²) in [6.07, 6.45) is 0. The second-order valence-electron chi connectivity index (χ2n) is 3.56. The lowest BCUT2D eigenvalue weighted by atomic mass is 10.2. The molecule has 1 N–H and O–H groups in total. The summed E-state index contributed by atoms with van der Waals surface area (Å²) in [5.41, 5.74) is 1.14. The molecule has 0 unspecified atom stereocenters. The molecule has 2 heterocycles. The minimum atomic E-state index is -0.365. The Labute approximate surface area is 88.5 Å². The van der Waals surface area contributed by atoms with Gasteiger partial charge >= 0.3 is 0 Å². The van der Waals surface area contributed by atoms with Crippen molar-refractivity contribution in [2.45, 2.75) is 0 Å². The van der Waals surface area contributed by atoms with E-state index in [2.05, 4.69) is 15.3 Å². The number of fused-ring (bicyclic) bond motifs is 3. The number of H-pyrrole nitrogens is 1. The first-order chi connectivity index (χ1) is 7.66. The molecule has 3 aromatic rings. The Morgan fingerprint density at radius 1 is 1.44 bits per heavy atom. The minimum Gasteiger partial charge on any atom is -0.349 e. The third-order valence-corrected chi connectivity index (χ3v) is 2.52. The molecule has 6 heteroatoms. The topological polar surface area (TPSA) is 63.6 Å². The van der Waals surface area contributed by atoms with Crippen molar-refractivity contribution in [2.24, 2.45) is 7.05 Å². The van der Waals surface area contributed by atoms with Gasteiger partial charge in [-0.05, 0) is 18.2 Å². The molecule has 0 aliphatic carbocycles. The van der Waals surface area contributed by atoms with Gasteiger partial charge in [-0.25, -0.2) is 9.07 Å². The van der Waals surface area contributed by atoms with Crippen LogP contribution < -0.4 is 5.56 Å². The molecule has 1 aromatic carbocycles. The van der Waals surface area contributed by atoms with E-state index in [4.69, 9.17) is 0 Å². The van der Waals surface area contributed by atoms with E-state index in [1.54, 1.807) is 6.07 Å². The van der Waals surface area contributed by atoms with Gasteiger partial charge in [0.25, 0.3) is 5.56 Å². The van der Waals surface area contributed by atoms with Crippen molar-refractivity contribution in [3.05, 3.63) is 34.4 Å². The van der Waals surface area contributed by atoms with Crippen LogP contribution in [0.4, 0.5) is 4.39 Å². The minimum absolute atomic E-state index is 0.276. The van der Waals surface area contributed by atoms with Gasteiger partial charge in [0.2, 0.25) is 0 Å². The lowest BCUT2D eigenvalue weighted by molar-refractivity contribution is 0.629. The first kappa shape index (κ1) is 9.02. The second-order valence-corrected chi connectivity index (χ2v) is 3.56. The molecule has 3 rings (SSSR count). The highest BCUT2D eigenvalue weighted by atomic mass is 19.1. The molecule has 2 aromatic heterocycles. The number of rotatable bonds is 0. The number of hydrogen-bond donors (Lipinski definition) is 1. The van der Waals surface area contributed by atoms with Gasteiger partial charge in [0.05, 0.1) is 0 Å². The molecule has 0 fully saturated rings. The highest BCUT2D eigenvalue weighted by Crippen LogP contribution is 2.21. The van der Waals surface area contributed by atoms with Crippen LogP contribution in [0.1, 0.15) is 0 Å². The summed E-state index contributed by atoms with van der Waals surface area (Å²) in [5.74, 6) is -0.365. The van der Waals surface area contributed by atoms with Crippen molar-refractivity contribution < 1.29 is 4.39 Å². The normalized spacial score (nSPS) is 11.4. The Balaban J connectivity index is 2.61. The van der Waals surface area contributed by atoms with E-state index in [0.29, 0.717) is 21.9 Å². The third-order valence-electron chi connectivity index (χ3n) is 2.52. The van der Waals surface area contributed by atoms with E-state index in [-0.39, 0.29) is 11.4 Å². The van der Waals surface area contributed by atoms with Crippen LogP contribution in [-0.2, 0) is 7.05 Å². The van der Waals surface area contributed by atoms with E-state index in [0.717, 1.165) is 4.68 Å². The summed E-state index contributed by atoms with van der Waals surface area (Å²) >= 11 is 0. The van der Waals surface area contributed by atoms with Gasteiger partial charge in [-0.3, -0.25) is 4.79 Å². The number of halogens is 1. The molecule has 0 amide bonds. The van der Waals surface area contributed by atoms with E-state index in [9.17, 15) is 9.18 Å². The van der Waals surface area contributed by atoms with Gasteiger partial charge in [-0.1, -0.05) is 5.21 Å². The van der Waals surface area contributed by atoms with Gasteiger partial charge in [-0.15, -0.1) is 5.10 Å². The number of aromatic amines is 1. The van der Waals surface area contributed by atoms with Gasteiger partial charge in [0.1, 0.15) is 16.9 Å². The van der Waals surface area contributed by atoms with Crippen LogP contribution >= 0.6 is 0 Å². The smallest absolute Gasteiger partial charge is 0.293 e. The molecule has 5 nitrogen and oxygen atoms in total. The molecule has 0 saturated heterocycles. The zero-order chi connectivity index (χ0) is 11.3. The average molecular weight is 218 g/mol. The molecule has 0 aliphatic heterocycles. The van der Waals surface area contributed by atoms with Crippen molar-refractivity contribution in [3.63, 3.8) is 0 Å². The van der Waals surface area contributed by atoms with Gasteiger partial charge < -0.3 is 4.98 Å². The van der Waals surface area contributed by atoms with Crippen LogP contribution in [0.5, 0.6) is 0 Å².